The van der Waals surface area contributed by atoms with Crippen LogP contribution in [0.15, 0.2) is 18.2 Å². The molecule has 90 valence electrons. The molecular weight excluding hydrogens is 235 g/mol. The van der Waals surface area contributed by atoms with Crippen LogP contribution in [0.3, 0.4) is 0 Å². The highest BCUT2D eigenvalue weighted by Crippen LogP contribution is 2.42. The second kappa shape index (κ2) is 3.67. The van der Waals surface area contributed by atoms with E-state index < -0.39 is 0 Å². The number of aromatic nitrogens is 2. The summed E-state index contributed by atoms with van der Waals surface area (Å²) in [5.74, 6) is -0.230. The monoisotopic (exact) mass is 250 g/mol. The summed E-state index contributed by atoms with van der Waals surface area (Å²) < 4.78 is 16.3. The highest BCUT2D eigenvalue weighted by molar-refractivity contribution is 7.71. The van der Waals surface area contributed by atoms with E-state index in [1.54, 1.807) is 6.07 Å². The molecule has 0 radical (unpaired) electrons. The number of H-pyrrole nitrogens is 1. The summed E-state index contributed by atoms with van der Waals surface area (Å²) in [6, 6.07) is 5.12. The first-order valence-corrected chi connectivity index (χ1v) is 6.37. The maximum absolute atomic E-state index is 13.6. The van der Waals surface area contributed by atoms with E-state index in [1.807, 2.05) is 10.6 Å². The van der Waals surface area contributed by atoms with Gasteiger partial charge in [0, 0.05) is 6.54 Å². The molecule has 1 aliphatic carbocycles. The van der Waals surface area contributed by atoms with Gasteiger partial charge in [-0.2, -0.15) is 0 Å². The molecule has 0 amide bonds. The number of aromatic amines is 1. The number of fused-ring (bicyclic) bond motifs is 1. The van der Waals surface area contributed by atoms with Crippen molar-refractivity contribution in [3.05, 3.63) is 28.8 Å². The molecule has 3 rings (SSSR count). The summed E-state index contributed by atoms with van der Waals surface area (Å²) in [6.07, 6.45) is 3.76. The second-order valence-corrected chi connectivity index (χ2v) is 5.70. The summed E-state index contributed by atoms with van der Waals surface area (Å²) in [6.45, 7) is 3.16. The molecule has 0 unspecified atom stereocenters. The molecule has 1 aromatic carbocycles. The fourth-order valence-corrected chi connectivity index (χ4v) is 2.89. The van der Waals surface area contributed by atoms with E-state index >= 15 is 0 Å². The average molecular weight is 250 g/mol. The van der Waals surface area contributed by atoms with Gasteiger partial charge in [0.15, 0.2) is 4.77 Å². The zero-order valence-electron chi connectivity index (χ0n) is 9.79. The number of rotatable bonds is 2. The predicted molar refractivity (Wildman–Crippen MR) is 69.0 cm³/mol. The first kappa shape index (κ1) is 11.0. The molecule has 1 heterocycles. The number of nitrogens with zero attached hydrogens (tertiary/aromatic N) is 1. The van der Waals surface area contributed by atoms with Gasteiger partial charge in [-0.15, -0.1) is 0 Å². The first-order chi connectivity index (χ1) is 8.09. The number of nitrogens with one attached hydrogen (secondary N) is 1. The number of para-hydroxylation sites is 1. The third-order valence-electron chi connectivity index (χ3n) is 3.86. The fraction of sp³-hybridized carbons (Fsp3) is 0.462. The largest absolute Gasteiger partial charge is 0.328 e. The molecule has 1 aliphatic rings. The maximum atomic E-state index is 13.6. The van der Waals surface area contributed by atoms with Crippen LogP contribution in [0.25, 0.3) is 11.0 Å². The Morgan fingerprint density at radius 1 is 1.47 bits per heavy atom. The molecule has 1 fully saturated rings. The third kappa shape index (κ3) is 1.71. The van der Waals surface area contributed by atoms with Crippen molar-refractivity contribution in [2.24, 2.45) is 5.41 Å². The molecule has 1 N–H and O–H groups in total. The molecular formula is C13H15FN2S. The van der Waals surface area contributed by atoms with E-state index in [4.69, 9.17) is 12.2 Å². The highest BCUT2D eigenvalue weighted by Gasteiger charge is 2.32. The van der Waals surface area contributed by atoms with Crippen molar-refractivity contribution in [1.82, 2.24) is 9.55 Å². The van der Waals surface area contributed by atoms with Crippen molar-refractivity contribution in [2.75, 3.05) is 0 Å². The zero-order chi connectivity index (χ0) is 12.0. The smallest absolute Gasteiger partial charge is 0.178 e. The highest BCUT2D eigenvalue weighted by atomic mass is 32.1. The maximum Gasteiger partial charge on any atom is 0.178 e. The van der Waals surface area contributed by atoms with Crippen LogP contribution in [0, 0.1) is 16.0 Å². The van der Waals surface area contributed by atoms with Crippen molar-refractivity contribution in [3.63, 3.8) is 0 Å². The van der Waals surface area contributed by atoms with Gasteiger partial charge in [-0.05, 0) is 42.6 Å². The Hall–Kier alpha value is -1.16. The van der Waals surface area contributed by atoms with Crippen LogP contribution in [0.4, 0.5) is 4.39 Å². The van der Waals surface area contributed by atoms with Gasteiger partial charge in [0.25, 0.3) is 0 Å². The van der Waals surface area contributed by atoms with Crippen LogP contribution in [0.1, 0.15) is 26.2 Å². The zero-order valence-corrected chi connectivity index (χ0v) is 10.6. The van der Waals surface area contributed by atoms with Crippen LogP contribution in [0.2, 0.25) is 0 Å². The van der Waals surface area contributed by atoms with Gasteiger partial charge in [0.05, 0.1) is 5.52 Å². The molecule has 2 aromatic rings. The van der Waals surface area contributed by atoms with E-state index in [2.05, 4.69) is 11.9 Å². The fourth-order valence-electron chi connectivity index (χ4n) is 2.62. The molecule has 0 atom stereocenters. The molecule has 0 aliphatic heterocycles. The van der Waals surface area contributed by atoms with Crippen LogP contribution in [-0.2, 0) is 6.54 Å². The van der Waals surface area contributed by atoms with E-state index in [9.17, 15) is 4.39 Å². The van der Waals surface area contributed by atoms with Gasteiger partial charge < -0.3 is 9.55 Å². The minimum absolute atomic E-state index is 0.230. The summed E-state index contributed by atoms with van der Waals surface area (Å²) in [5, 5.41) is 0. The van der Waals surface area contributed by atoms with E-state index in [1.165, 1.54) is 25.3 Å². The number of hydrogen-bond donors (Lipinski definition) is 1. The van der Waals surface area contributed by atoms with Crippen molar-refractivity contribution < 1.29 is 4.39 Å². The summed E-state index contributed by atoms with van der Waals surface area (Å²) in [4.78, 5) is 2.97. The lowest BCUT2D eigenvalue weighted by Crippen LogP contribution is -2.30. The Morgan fingerprint density at radius 3 is 2.88 bits per heavy atom. The third-order valence-corrected chi connectivity index (χ3v) is 4.18. The lowest BCUT2D eigenvalue weighted by molar-refractivity contribution is 0.133. The number of imidazole rings is 1. The van der Waals surface area contributed by atoms with E-state index in [-0.39, 0.29) is 5.82 Å². The standard InChI is InChI=1S/C13H15FN2S/c1-13(6-3-7-13)8-16-10-5-2-4-9(14)11(10)15-12(16)17/h2,4-5H,3,6-8H2,1H3,(H,15,17). The van der Waals surface area contributed by atoms with Gasteiger partial charge in [0.1, 0.15) is 11.3 Å². The minimum Gasteiger partial charge on any atom is -0.328 e. The second-order valence-electron chi connectivity index (χ2n) is 5.31. The Labute approximate surface area is 104 Å². The Kier molecular flexibility index (Phi) is 2.36. The normalized spacial score (nSPS) is 18.2. The minimum atomic E-state index is -0.230. The van der Waals surface area contributed by atoms with Crippen LogP contribution in [0.5, 0.6) is 0 Å². The Balaban J connectivity index is 2.12. The summed E-state index contributed by atoms with van der Waals surface area (Å²) >= 11 is 5.29. The first-order valence-electron chi connectivity index (χ1n) is 5.96. The van der Waals surface area contributed by atoms with Crippen molar-refractivity contribution in [2.45, 2.75) is 32.7 Å². The summed E-state index contributed by atoms with van der Waals surface area (Å²) in [7, 11) is 0. The lowest BCUT2D eigenvalue weighted by atomic mass is 9.70. The van der Waals surface area contributed by atoms with Crippen molar-refractivity contribution >= 4 is 23.3 Å². The topological polar surface area (TPSA) is 20.7 Å². The summed E-state index contributed by atoms with van der Waals surface area (Å²) in [5.41, 5.74) is 1.74. The van der Waals surface area contributed by atoms with Gasteiger partial charge >= 0.3 is 0 Å². The van der Waals surface area contributed by atoms with Crippen molar-refractivity contribution in [3.8, 4) is 0 Å². The van der Waals surface area contributed by atoms with E-state index in [0.717, 1.165) is 12.1 Å². The molecule has 0 saturated heterocycles. The molecule has 1 saturated carbocycles. The number of benzene rings is 1. The Morgan fingerprint density at radius 2 is 2.24 bits per heavy atom. The number of halogens is 1. The molecule has 17 heavy (non-hydrogen) atoms. The van der Waals surface area contributed by atoms with Crippen LogP contribution < -0.4 is 0 Å². The quantitative estimate of drug-likeness (QED) is 0.798. The molecule has 4 heteroatoms. The van der Waals surface area contributed by atoms with Crippen molar-refractivity contribution in [1.29, 1.82) is 0 Å². The van der Waals surface area contributed by atoms with Crippen LogP contribution >= 0.6 is 12.2 Å². The average Bonchev–Trinajstić information content (AvgIpc) is 2.56. The Bertz CT molecular complexity index is 622. The van der Waals surface area contributed by atoms with E-state index in [0.29, 0.717) is 15.7 Å². The molecule has 0 bridgehead atoms. The van der Waals surface area contributed by atoms with Gasteiger partial charge in [-0.1, -0.05) is 19.4 Å². The number of hydrogen-bond acceptors (Lipinski definition) is 1. The molecule has 0 spiro atoms. The molecule has 2 nitrogen and oxygen atoms in total. The van der Waals surface area contributed by atoms with Gasteiger partial charge in [-0.3, -0.25) is 0 Å². The van der Waals surface area contributed by atoms with Crippen LogP contribution in [-0.4, -0.2) is 9.55 Å². The lowest BCUT2D eigenvalue weighted by Gasteiger charge is -2.38. The van der Waals surface area contributed by atoms with Gasteiger partial charge in [0.2, 0.25) is 0 Å². The van der Waals surface area contributed by atoms with Gasteiger partial charge in [-0.25, -0.2) is 4.39 Å². The SMILES string of the molecule is CC1(Cn2c(=S)[nH]c3c(F)cccc32)CCC1. The molecule has 1 aromatic heterocycles. The predicted octanol–water partition coefficient (Wildman–Crippen LogP) is 4.03.